The van der Waals surface area contributed by atoms with Gasteiger partial charge in [-0.15, -0.1) is 6.42 Å². The smallest absolute Gasteiger partial charge is 0.0262 e. The molecule has 0 aliphatic heterocycles. The van der Waals surface area contributed by atoms with E-state index < -0.39 is 6.10 Å². The summed E-state index contributed by atoms with van der Waals surface area (Å²) in [5.74, 6) is 0. The Kier molecular flexibility index (Phi) is 26.0. The largest absolute Gasteiger partial charge is 0.566 e. The Morgan fingerprint density at radius 2 is 2.00 bits per heavy atom. The van der Waals surface area contributed by atoms with Crippen molar-refractivity contribution < 1.29 is 92.3 Å². The van der Waals surface area contributed by atoms with E-state index in [-0.39, 0.29) is 82.1 Å². The van der Waals surface area contributed by atoms with Crippen molar-refractivity contribution in [2.45, 2.75) is 19.4 Å². The normalized spacial score (nSPS) is 10.9. The number of aliphatic hydroxyl groups excluding tert-OH is 2. The molecular formula is C4H9EuO2Y-. The summed E-state index contributed by atoms with van der Waals surface area (Å²) in [5.41, 5.74) is 0. The van der Waals surface area contributed by atoms with Crippen LogP contribution in [-0.4, -0.2) is 16.3 Å². The Hall–Kier alpha value is 2.61. The van der Waals surface area contributed by atoms with Crippen LogP contribution >= 0.6 is 0 Å². The summed E-state index contributed by atoms with van der Waals surface area (Å²) in [6.45, 7) is 2.57. The molecule has 2 radical (unpaired) electrons. The molecule has 0 heterocycles. The van der Waals surface area contributed by atoms with E-state index in [0.717, 1.165) is 6.61 Å². The van der Waals surface area contributed by atoms with E-state index in [0.29, 0.717) is 6.42 Å². The monoisotopic (exact) mass is 331 g/mol. The van der Waals surface area contributed by atoms with Gasteiger partial charge in [-0.3, -0.25) is 0 Å². The summed E-state index contributed by atoms with van der Waals surface area (Å²) in [5, 5.41) is 16.3. The first-order chi connectivity index (χ1) is 2.77. The summed E-state index contributed by atoms with van der Waals surface area (Å²) in [6, 6.07) is 0. The van der Waals surface area contributed by atoms with Gasteiger partial charge in [0.1, 0.15) is 0 Å². The first kappa shape index (κ1) is 16.9. The Labute approximate surface area is 116 Å². The maximum atomic E-state index is 8.36. The van der Waals surface area contributed by atoms with Gasteiger partial charge in [-0.2, -0.15) is 0 Å². The molecule has 0 aromatic carbocycles. The van der Waals surface area contributed by atoms with Crippen molar-refractivity contribution in [3.63, 3.8) is 0 Å². The van der Waals surface area contributed by atoms with Crippen LogP contribution in [0.2, 0.25) is 0 Å². The minimum absolute atomic E-state index is 0. The van der Waals surface area contributed by atoms with E-state index in [1.807, 2.05) is 0 Å². The van der Waals surface area contributed by atoms with E-state index in [9.17, 15) is 0 Å². The third-order valence-electron chi connectivity index (χ3n) is 0.447. The molecular weight excluding hydrogens is 321 g/mol. The topological polar surface area (TPSA) is 40.5 Å². The molecule has 1 atom stereocenters. The summed E-state index contributed by atoms with van der Waals surface area (Å²) in [7, 11) is 0. The zero-order chi connectivity index (χ0) is 4.99. The molecule has 4 heteroatoms. The Bertz CT molecular complexity index is 35.2. The number of hydrogen-bond acceptors (Lipinski definition) is 2. The third-order valence-corrected chi connectivity index (χ3v) is 0.447. The Balaban J connectivity index is -0.000000125. The molecule has 0 aromatic rings. The van der Waals surface area contributed by atoms with Crippen LogP contribution in [0.25, 0.3) is 0 Å². The zero-order valence-corrected chi connectivity index (χ0v) is 9.97. The molecule has 0 aliphatic rings. The predicted octanol–water partition coefficient (Wildman–Crippen LogP) is 0.289. The second-order valence-corrected chi connectivity index (χ2v) is 1.27. The number of hydrogen-bond donors (Lipinski definition) is 2. The predicted molar refractivity (Wildman–Crippen MR) is 22.5 cm³/mol. The average molecular weight is 330 g/mol. The van der Waals surface area contributed by atoms with Gasteiger partial charge in [0.25, 0.3) is 0 Å². The maximum absolute atomic E-state index is 8.36. The van der Waals surface area contributed by atoms with E-state index >= 15 is 0 Å². The van der Waals surface area contributed by atoms with Crippen molar-refractivity contribution >= 4 is 0 Å². The second-order valence-electron chi connectivity index (χ2n) is 1.27. The standard InChI is InChI=1S/C4H9O2.Eu.Y/c1-4(6)2-3-5;;/h3-6H,2H2,1H3;;/q-1;;. The summed E-state index contributed by atoms with van der Waals surface area (Å²) >= 11 is 0. The molecule has 0 fully saturated rings. The maximum Gasteiger partial charge on any atom is 0.0262 e. The molecule has 1 unspecified atom stereocenters. The van der Waals surface area contributed by atoms with Crippen LogP contribution in [0.15, 0.2) is 0 Å². The van der Waals surface area contributed by atoms with Crippen molar-refractivity contribution in [3.05, 3.63) is 6.61 Å². The molecule has 0 bridgehead atoms. The molecule has 0 rings (SSSR count). The molecule has 0 saturated heterocycles. The van der Waals surface area contributed by atoms with Crippen LogP contribution in [0.1, 0.15) is 13.3 Å². The van der Waals surface area contributed by atoms with Crippen molar-refractivity contribution in [3.8, 4) is 0 Å². The fourth-order valence-electron chi connectivity index (χ4n) is 0.153. The van der Waals surface area contributed by atoms with Crippen molar-refractivity contribution in [1.82, 2.24) is 0 Å². The minimum Gasteiger partial charge on any atom is -0.566 e. The van der Waals surface area contributed by atoms with Crippen LogP contribution in [0.4, 0.5) is 0 Å². The van der Waals surface area contributed by atoms with Gasteiger partial charge in [0.15, 0.2) is 0 Å². The van der Waals surface area contributed by atoms with Gasteiger partial charge < -0.3 is 10.2 Å². The van der Waals surface area contributed by atoms with Crippen LogP contribution in [0, 0.1) is 56.0 Å². The summed E-state index contributed by atoms with van der Waals surface area (Å²) in [6.07, 6.45) is -0.0463. The molecule has 0 saturated carbocycles. The first-order valence-corrected chi connectivity index (χ1v) is 1.91. The molecule has 48 valence electrons. The molecule has 2 N–H and O–H groups in total. The van der Waals surface area contributed by atoms with E-state index in [2.05, 4.69) is 0 Å². The first-order valence-electron chi connectivity index (χ1n) is 1.91. The number of aliphatic hydroxyl groups is 2. The quantitative estimate of drug-likeness (QED) is 0.715. The average Bonchev–Trinajstić information content (AvgIpc) is 1.35. The van der Waals surface area contributed by atoms with Crippen LogP contribution in [-0.2, 0) is 32.7 Å². The van der Waals surface area contributed by atoms with Gasteiger partial charge in [-0.25, -0.2) is 6.61 Å². The molecule has 0 aromatic heterocycles. The minimum atomic E-state index is -0.407. The van der Waals surface area contributed by atoms with E-state index in [1.165, 1.54) is 0 Å². The fourth-order valence-corrected chi connectivity index (χ4v) is 0.153. The van der Waals surface area contributed by atoms with Crippen molar-refractivity contribution in [1.29, 1.82) is 0 Å². The molecule has 0 spiro atoms. The molecule has 8 heavy (non-hydrogen) atoms. The number of rotatable bonds is 2. The van der Waals surface area contributed by atoms with Gasteiger partial charge in [0.05, 0.1) is 0 Å². The summed E-state index contributed by atoms with van der Waals surface area (Å²) in [4.78, 5) is 0. The fraction of sp³-hybridized carbons (Fsp3) is 0.750. The van der Waals surface area contributed by atoms with Gasteiger partial charge in [0, 0.05) is 88.2 Å². The van der Waals surface area contributed by atoms with E-state index in [4.69, 9.17) is 10.2 Å². The molecule has 0 amide bonds. The van der Waals surface area contributed by atoms with Crippen LogP contribution in [0.5, 0.6) is 0 Å². The molecule has 0 aliphatic carbocycles. The van der Waals surface area contributed by atoms with Crippen molar-refractivity contribution in [2.24, 2.45) is 0 Å². The van der Waals surface area contributed by atoms with Gasteiger partial charge in [-0.05, 0) is 6.92 Å². The van der Waals surface area contributed by atoms with Crippen LogP contribution < -0.4 is 0 Å². The van der Waals surface area contributed by atoms with Gasteiger partial charge in [-0.1, -0.05) is 0 Å². The van der Waals surface area contributed by atoms with Gasteiger partial charge >= 0.3 is 0 Å². The second kappa shape index (κ2) is 12.3. The summed E-state index contributed by atoms with van der Waals surface area (Å²) < 4.78 is 0. The third kappa shape index (κ3) is 15.8. The Morgan fingerprint density at radius 1 is 1.62 bits per heavy atom. The Morgan fingerprint density at radius 3 is 2.00 bits per heavy atom. The van der Waals surface area contributed by atoms with Crippen LogP contribution in [0.3, 0.4) is 0 Å². The van der Waals surface area contributed by atoms with Crippen molar-refractivity contribution in [2.75, 3.05) is 0 Å². The van der Waals surface area contributed by atoms with E-state index in [1.54, 1.807) is 6.92 Å². The van der Waals surface area contributed by atoms with Gasteiger partial charge in [0.2, 0.25) is 0 Å². The SMILES string of the molecule is CC(O)C[CH-]O.[Eu].[Y]. The molecule has 2 nitrogen and oxygen atoms in total. The zero-order valence-electron chi connectivity index (χ0n) is 4.71.